The summed E-state index contributed by atoms with van der Waals surface area (Å²) in [5.41, 5.74) is 7.16. The Morgan fingerprint density at radius 1 is 1.30 bits per heavy atom. The van der Waals surface area contributed by atoms with Gasteiger partial charge in [-0.05, 0) is 12.8 Å². The summed E-state index contributed by atoms with van der Waals surface area (Å²) < 4.78 is 18.0. The molecule has 0 fully saturated rings. The van der Waals surface area contributed by atoms with E-state index in [1.807, 2.05) is 19.4 Å². The maximum Gasteiger partial charge on any atom is 0.101 e. The molecule has 0 saturated carbocycles. The van der Waals surface area contributed by atoms with Crippen molar-refractivity contribution in [1.82, 2.24) is 9.78 Å². The van der Waals surface area contributed by atoms with Crippen LogP contribution in [0.4, 0.5) is 0 Å². The van der Waals surface area contributed by atoms with Crippen molar-refractivity contribution in [1.29, 1.82) is 0 Å². The molecule has 2 unspecified atom stereocenters. The number of rotatable bonds is 11. The predicted octanol–water partition coefficient (Wildman–Crippen LogP) is 1.27. The van der Waals surface area contributed by atoms with Gasteiger partial charge in [-0.3, -0.25) is 4.68 Å². The number of methoxy groups -OCH3 is 1. The summed E-state index contributed by atoms with van der Waals surface area (Å²) in [4.78, 5) is 0. The number of aryl methyl sites for hydroxylation is 1. The molecule has 1 rings (SSSR count). The highest BCUT2D eigenvalue weighted by Crippen LogP contribution is 2.21. The molecular formula is C14H27N3O3. The summed E-state index contributed by atoms with van der Waals surface area (Å²) in [6.45, 7) is 4.60. The smallest absolute Gasteiger partial charge is 0.101 e. The zero-order valence-electron chi connectivity index (χ0n) is 12.7. The highest BCUT2D eigenvalue weighted by molar-refractivity contribution is 5.10. The molecule has 2 N–H and O–H groups in total. The standard InChI is InChI=1S/C14H27N3O3/c1-4-13(15)14(12-10-16-17(2)11-12)20-7-5-6-19-9-8-18-3/h10-11,13-14H,4-9,15H2,1-3H3. The van der Waals surface area contributed by atoms with E-state index in [9.17, 15) is 0 Å². The van der Waals surface area contributed by atoms with E-state index in [1.165, 1.54) is 0 Å². The van der Waals surface area contributed by atoms with Gasteiger partial charge in [0.15, 0.2) is 0 Å². The van der Waals surface area contributed by atoms with Gasteiger partial charge in [0.2, 0.25) is 0 Å². The third kappa shape index (κ3) is 6.00. The second-order valence-corrected chi connectivity index (χ2v) is 4.77. The van der Waals surface area contributed by atoms with Crippen LogP contribution in [0.1, 0.15) is 31.4 Å². The Hall–Kier alpha value is -0.950. The van der Waals surface area contributed by atoms with E-state index in [2.05, 4.69) is 12.0 Å². The lowest BCUT2D eigenvalue weighted by molar-refractivity contribution is 0.0112. The number of nitrogens with zero attached hydrogens (tertiary/aromatic N) is 2. The molecule has 0 radical (unpaired) electrons. The van der Waals surface area contributed by atoms with Gasteiger partial charge in [0.1, 0.15) is 6.10 Å². The van der Waals surface area contributed by atoms with E-state index in [0.29, 0.717) is 26.4 Å². The van der Waals surface area contributed by atoms with Crippen LogP contribution < -0.4 is 5.73 Å². The minimum atomic E-state index is -0.104. The normalized spacial score (nSPS) is 14.4. The van der Waals surface area contributed by atoms with E-state index < -0.39 is 0 Å². The van der Waals surface area contributed by atoms with Crippen LogP contribution in [0.25, 0.3) is 0 Å². The Kier molecular flexibility index (Phi) is 8.45. The lowest BCUT2D eigenvalue weighted by atomic mass is 10.0. The first kappa shape index (κ1) is 17.1. The molecule has 116 valence electrons. The van der Waals surface area contributed by atoms with Crippen molar-refractivity contribution < 1.29 is 14.2 Å². The molecule has 2 atom stereocenters. The summed E-state index contributed by atoms with van der Waals surface area (Å²) in [5.74, 6) is 0. The van der Waals surface area contributed by atoms with Crippen LogP contribution in [0.5, 0.6) is 0 Å². The fourth-order valence-electron chi connectivity index (χ4n) is 1.88. The third-order valence-electron chi connectivity index (χ3n) is 3.08. The summed E-state index contributed by atoms with van der Waals surface area (Å²) >= 11 is 0. The van der Waals surface area contributed by atoms with Crippen molar-refractivity contribution >= 4 is 0 Å². The van der Waals surface area contributed by atoms with Crippen molar-refractivity contribution in [3.63, 3.8) is 0 Å². The van der Waals surface area contributed by atoms with Gasteiger partial charge in [-0.25, -0.2) is 0 Å². The number of hydrogen-bond donors (Lipinski definition) is 1. The molecule has 0 aliphatic carbocycles. The van der Waals surface area contributed by atoms with Crippen LogP contribution >= 0.6 is 0 Å². The molecule has 0 aliphatic rings. The first-order chi connectivity index (χ1) is 9.69. The number of aromatic nitrogens is 2. The molecule has 0 aliphatic heterocycles. The van der Waals surface area contributed by atoms with Crippen LogP contribution in [-0.2, 0) is 21.3 Å². The van der Waals surface area contributed by atoms with Crippen LogP contribution in [-0.4, -0.2) is 49.4 Å². The van der Waals surface area contributed by atoms with Gasteiger partial charge in [0, 0.05) is 45.2 Å². The summed E-state index contributed by atoms with van der Waals surface area (Å²) in [5, 5.41) is 4.17. The highest BCUT2D eigenvalue weighted by Gasteiger charge is 2.20. The minimum Gasteiger partial charge on any atom is -0.382 e. The maximum absolute atomic E-state index is 6.13. The Morgan fingerprint density at radius 2 is 2.10 bits per heavy atom. The van der Waals surface area contributed by atoms with E-state index in [1.54, 1.807) is 11.8 Å². The van der Waals surface area contributed by atoms with Gasteiger partial charge in [0.25, 0.3) is 0 Å². The molecule has 1 aromatic heterocycles. The van der Waals surface area contributed by atoms with Crippen molar-refractivity contribution in [2.75, 3.05) is 33.5 Å². The predicted molar refractivity (Wildman–Crippen MR) is 77.5 cm³/mol. The Bertz CT molecular complexity index is 357. The largest absolute Gasteiger partial charge is 0.382 e. The second kappa shape index (κ2) is 9.88. The fourth-order valence-corrected chi connectivity index (χ4v) is 1.88. The number of ether oxygens (including phenoxy) is 3. The average Bonchev–Trinajstić information content (AvgIpc) is 2.87. The van der Waals surface area contributed by atoms with Crippen LogP contribution in [0.2, 0.25) is 0 Å². The molecule has 0 aromatic carbocycles. The number of hydrogen-bond acceptors (Lipinski definition) is 5. The van der Waals surface area contributed by atoms with Crippen LogP contribution in [0, 0.1) is 0 Å². The molecule has 0 amide bonds. The van der Waals surface area contributed by atoms with Crippen molar-refractivity contribution in [3.05, 3.63) is 18.0 Å². The van der Waals surface area contributed by atoms with E-state index in [0.717, 1.165) is 18.4 Å². The molecule has 0 bridgehead atoms. The van der Waals surface area contributed by atoms with Crippen molar-refractivity contribution in [2.45, 2.75) is 31.9 Å². The molecular weight excluding hydrogens is 258 g/mol. The lowest BCUT2D eigenvalue weighted by Crippen LogP contribution is -2.29. The highest BCUT2D eigenvalue weighted by atomic mass is 16.5. The van der Waals surface area contributed by atoms with Gasteiger partial charge in [-0.1, -0.05) is 6.92 Å². The lowest BCUT2D eigenvalue weighted by Gasteiger charge is -2.22. The molecule has 6 nitrogen and oxygen atoms in total. The van der Waals surface area contributed by atoms with E-state index in [4.69, 9.17) is 19.9 Å². The molecule has 1 aromatic rings. The first-order valence-corrected chi connectivity index (χ1v) is 7.11. The van der Waals surface area contributed by atoms with Crippen molar-refractivity contribution in [3.8, 4) is 0 Å². The fraction of sp³-hybridized carbons (Fsp3) is 0.786. The monoisotopic (exact) mass is 285 g/mol. The zero-order valence-corrected chi connectivity index (χ0v) is 12.7. The van der Waals surface area contributed by atoms with Gasteiger partial charge in [-0.15, -0.1) is 0 Å². The minimum absolute atomic E-state index is 0.0198. The summed E-state index contributed by atoms with van der Waals surface area (Å²) in [6.07, 6.45) is 5.37. The molecule has 1 heterocycles. The third-order valence-corrected chi connectivity index (χ3v) is 3.08. The average molecular weight is 285 g/mol. The quantitative estimate of drug-likeness (QED) is 0.620. The van der Waals surface area contributed by atoms with E-state index in [-0.39, 0.29) is 12.1 Å². The SMILES string of the molecule is CCC(N)C(OCCCOCCOC)c1cnn(C)c1. The second-order valence-electron chi connectivity index (χ2n) is 4.77. The van der Waals surface area contributed by atoms with Crippen LogP contribution in [0.3, 0.4) is 0 Å². The Balaban J connectivity index is 2.31. The summed E-state index contributed by atoms with van der Waals surface area (Å²) in [7, 11) is 3.55. The van der Waals surface area contributed by atoms with Gasteiger partial charge >= 0.3 is 0 Å². The van der Waals surface area contributed by atoms with Gasteiger partial charge in [-0.2, -0.15) is 5.10 Å². The van der Waals surface area contributed by atoms with Gasteiger partial charge < -0.3 is 19.9 Å². The molecule has 20 heavy (non-hydrogen) atoms. The Labute approximate surface area is 121 Å². The first-order valence-electron chi connectivity index (χ1n) is 7.11. The zero-order chi connectivity index (χ0) is 14.8. The topological polar surface area (TPSA) is 71.5 Å². The van der Waals surface area contributed by atoms with Gasteiger partial charge in [0.05, 0.1) is 19.4 Å². The molecule has 0 spiro atoms. The van der Waals surface area contributed by atoms with E-state index >= 15 is 0 Å². The Morgan fingerprint density at radius 3 is 2.70 bits per heavy atom. The maximum atomic E-state index is 6.13. The van der Waals surface area contributed by atoms with Crippen LogP contribution in [0.15, 0.2) is 12.4 Å². The molecule has 6 heteroatoms. The number of nitrogens with two attached hydrogens (primary N) is 1. The summed E-state index contributed by atoms with van der Waals surface area (Å²) in [6, 6.07) is -0.0198. The molecule has 0 saturated heterocycles. The van der Waals surface area contributed by atoms with Crippen molar-refractivity contribution in [2.24, 2.45) is 12.8 Å².